The molecule has 178 valence electrons. The SMILES string of the molecule is Cn1cnnc1Sc1ccc(NC(=O)/C=C/c2cn(Cc3ccccc3)nc2-c2cccnc2)cc1. The quantitative estimate of drug-likeness (QED) is 0.309. The summed E-state index contributed by atoms with van der Waals surface area (Å²) in [6.07, 6.45) is 10.4. The Morgan fingerprint density at radius 3 is 2.61 bits per heavy atom. The highest BCUT2D eigenvalue weighted by Gasteiger charge is 2.11. The van der Waals surface area contributed by atoms with E-state index in [9.17, 15) is 4.79 Å². The van der Waals surface area contributed by atoms with Crippen LogP contribution in [-0.4, -0.2) is 35.4 Å². The van der Waals surface area contributed by atoms with E-state index in [1.54, 1.807) is 24.8 Å². The number of aromatic nitrogens is 6. The summed E-state index contributed by atoms with van der Waals surface area (Å²) in [7, 11) is 1.90. The van der Waals surface area contributed by atoms with Gasteiger partial charge in [0.15, 0.2) is 5.16 Å². The molecule has 0 bridgehead atoms. The van der Waals surface area contributed by atoms with Crippen LogP contribution >= 0.6 is 11.8 Å². The van der Waals surface area contributed by atoms with Gasteiger partial charge in [-0.25, -0.2) is 0 Å². The van der Waals surface area contributed by atoms with E-state index >= 15 is 0 Å². The van der Waals surface area contributed by atoms with Crippen LogP contribution in [0.1, 0.15) is 11.1 Å². The molecular weight excluding hydrogens is 470 g/mol. The van der Waals surface area contributed by atoms with Crippen LogP contribution in [0, 0.1) is 0 Å². The summed E-state index contributed by atoms with van der Waals surface area (Å²) < 4.78 is 3.73. The lowest BCUT2D eigenvalue weighted by molar-refractivity contribution is -0.111. The molecule has 3 aromatic heterocycles. The summed E-state index contributed by atoms with van der Waals surface area (Å²) >= 11 is 1.51. The Bertz CT molecular complexity index is 1480. The van der Waals surface area contributed by atoms with E-state index < -0.39 is 0 Å². The van der Waals surface area contributed by atoms with E-state index in [0.717, 1.165) is 32.4 Å². The van der Waals surface area contributed by atoms with Gasteiger partial charge in [0.25, 0.3) is 0 Å². The lowest BCUT2D eigenvalue weighted by atomic mass is 10.1. The van der Waals surface area contributed by atoms with Gasteiger partial charge in [0.1, 0.15) is 12.0 Å². The predicted octanol–water partition coefficient (Wildman–Crippen LogP) is 4.93. The maximum absolute atomic E-state index is 12.7. The van der Waals surface area contributed by atoms with Crippen LogP contribution in [0.15, 0.2) is 108 Å². The average Bonchev–Trinajstić information content (AvgIpc) is 3.50. The largest absolute Gasteiger partial charge is 0.323 e. The van der Waals surface area contributed by atoms with Crippen molar-refractivity contribution < 1.29 is 4.79 Å². The normalized spacial score (nSPS) is 11.1. The van der Waals surface area contributed by atoms with E-state index in [1.807, 2.05) is 77.1 Å². The molecule has 3 heterocycles. The van der Waals surface area contributed by atoms with Crippen LogP contribution in [0.3, 0.4) is 0 Å². The number of hydrogen-bond donors (Lipinski definition) is 1. The molecule has 0 aliphatic heterocycles. The number of carbonyl (C=O) groups is 1. The van der Waals surface area contributed by atoms with Gasteiger partial charge >= 0.3 is 0 Å². The van der Waals surface area contributed by atoms with Gasteiger partial charge in [-0.05, 0) is 59.8 Å². The standard InChI is InChI=1S/C27H23N7OS/c1-33-19-29-31-27(33)36-24-12-10-23(11-13-24)30-25(35)14-9-22-18-34(17-20-6-3-2-4-7-20)32-26(22)21-8-5-15-28-16-21/h2-16,18-19H,17H2,1H3,(H,30,35)/b14-9+. The topological polar surface area (TPSA) is 90.5 Å². The highest BCUT2D eigenvalue weighted by Crippen LogP contribution is 2.26. The lowest BCUT2D eigenvalue weighted by Gasteiger charge is -2.04. The highest BCUT2D eigenvalue weighted by molar-refractivity contribution is 7.99. The Morgan fingerprint density at radius 1 is 1.06 bits per heavy atom. The van der Waals surface area contributed by atoms with E-state index in [0.29, 0.717) is 12.2 Å². The van der Waals surface area contributed by atoms with Gasteiger partial charge < -0.3 is 9.88 Å². The summed E-state index contributed by atoms with van der Waals surface area (Å²) in [5.41, 5.74) is 4.35. The minimum Gasteiger partial charge on any atom is -0.323 e. The zero-order valence-corrected chi connectivity index (χ0v) is 20.3. The van der Waals surface area contributed by atoms with Crippen molar-refractivity contribution in [2.75, 3.05) is 5.32 Å². The second-order valence-corrected chi connectivity index (χ2v) is 9.07. The van der Waals surface area contributed by atoms with E-state index in [4.69, 9.17) is 5.10 Å². The number of amides is 1. The molecule has 0 fully saturated rings. The Balaban J connectivity index is 1.29. The number of benzene rings is 2. The number of carbonyl (C=O) groups excluding carboxylic acids is 1. The summed E-state index contributed by atoms with van der Waals surface area (Å²) in [5.74, 6) is -0.225. The fraction of sp³-hybridized carbons (Fsp3) is 0.0741. The van der Waals surface area contributed by atoms with Crippen molar-refractivity contribution in [3.8, 4) is 11.3 Å². The van der Waals surface area contributed by atoms with Crippen LogP contribution in [-0.2, 0) is 18.4 Å². The van der Waals surface area contributed by atoms with Gasteiger partial charge in [0, 0.05) is 53.4 Å². The molecule has 0 saturated carbocycles. The highest BCUT2D eigenvalue weighted by atomic mass is 32.2. The van der Waals surface area contributed by atoms with Gasteiger partial charge in [0.2, 0.25) is 5.91 Å². The summed E-state index contributed by atoms with van der Waals surface area (Å²) in [6.45, 7) is 0.632. The number of aryl methyl sites for hydroxylation is 1. The van der Waals surface area contributed by atoms with Crippen molar-refractivity contribution in [1.29, 1.82) is 0 Å². The van der Waals surface area contributed by atoms with Crippen LogP contribution in [0.2, 0.25) is 0 Å². The van der Waals surface area contributed by atoms with Crippen molar-refractivity contribution in [3.05, 3.63) is 109 Å². The molecule has 0 radical (unpaired) electrons. The molecule has 0 atom stereocenters. The second-order valence-electron chi connectivity index (χ2n) is 8.03. The maximum atomic E-state index is 12.7. The number of anilines is 1. The average molecular weight is 494 g/mol. The molecule has 1 amide bonds. The molecular formula is C27H23N7OS. The van der Waals surface area contributed by atoms with Crippen molar-refractivity contribution in [1.82, 2.24) is 29.5 Å². The zero-order chi connectivity index (χ0) is 24.7. The number of hydrogen-bond acceptors (Lipinski definition) is 6. The third-order valence-corrected chi connectivity index (χ3v) is 6.39. The monoisotopic (exact) mass is 493 g/mol. The second kappa shape index (κ2) is 10.8. The molecule has 0 saturated heterocycles. The molecule has 9 heteroatoms. The Hall–Kier alpha value is -4.50. The molecule has 1 N–H and O–H groups in total. The molecule has 8 nitrogen and oxygen atoms in total. The van der Waals surface area contributed by atoms with Crippen molar-refractivity contribution in [2.45, 2.75) is 16.6 Å². The summed E-state index contributed by atoms with van der Waals surface area (Å²) in [5, 5.41) is 16.4. The third kappa shape index (κ3) is 5.76. The molecule has 36 heavy (non-hydrogen) atoms. The van der Waals surface area contributed by atoms with Gasteiger partial charge in [-0.3, -0.25) is 14.5 Å². The van der Waals surface area contributed by atoms with Gasteiger partial charge in [0.05, 0.1) is 6.54 Å². The maximum Gasteiger partial charge on any atom is 0.248 e. The first kappa shape index (κ1) is 23.3. The van der Waals surface area contributed by atoms with Crippen LogP contribution in [0.5, 0.6) is 0 Å². The Morgan fingerprint density at radius 2 is 1.89 bits per heavy atom. The van der Waals surface area contributed by atoms with E-state index in [1.165, 1.54) is 17.8 Å². The Kier molecular flexibility index (Phi) is 7.00. The Labute approximate surface area is 212 Å². The fourth-order valence-electron chi connectivity index (χ4n) is 3.56. The molecule has 0 aliphatic rings. The smallest absolute Gasteiger partial charge is 0.248 e. The molecule has 0 spiro atoms. The molecule has 2 aromatic carbocycles. The van der Waals surface area contributed by atoms with Gasteiger partial charge in [-0.15, -0.1) is 10.2 Å². The van der Waals surface area contributed by atoms with Crippen LogP contribution in [0.25, 0.3) is 17.3 Å². The number of nitrogens with one attached hydrogen (secondary N) is 1. The first-order chi connectivity index (χ1) is 17.6. The molecule has 5 aromatic rings. The first-order valence-electron chi connectivity index (χ1n) is 11.3. The van der Waals surface area contributed by atoms with Crippen molar-refractivity contribution in [2.24, 2.45) is 7.05 Å². The van der Waals surface area contributed by atoms with Crippen molar-refractivity contribution in [3.63, 3.8) is 0 Å². The minimum absolute atomic E-state index is 0.225. The zero-order valence-electron chi connectivity index (χ0n) is 19.5. The summed E-state index contributed by atoms with van der Waals surface area (Å²) in [6, 6.07) is 21.6. The molecule has 0 unspecified atom stereocenters. The molecule has 5 rings (SSSR count). The van der Waals surface area contributed by atoms with E-state index in [2.05, 4.69) is 32.6 Å². The van der Waals surface area contributed by atoms with Gasteiger partial charge in [-0.1, -0.05) is 30.3 Å². The van der Waals surface area contributed by atoms with Crippen LogP contribution in [0.4, 0.5) is 5.69 Å². The fourth-order valence-corrected chi connectivity index (χ4v) is 4.33. The van der Waals surface area contributed by atoms with Gasteiger partial charge in [-0.2, -0.15) is 5.10 Å². The molecule has 0 aliphatic carbocycles. The number of pyridine rings is 1. The van der Waals surface area contributed by atoms with Crippen LogP contribution < -0.4 is 5.32 Å². The third-order valence-electron chi connectivity index (χ3n) is 5.33. The minimum atomic E-state index is -0.225. The van der Waals surface area contributed by atoms with E-state index in [-0.39, 0.29) is 5.91 Å². The number of rotatable bonds is 8. The summed E-state index contributed by atoms with van der Waals surface area (Å²) in [4.78, 5) is 17.9. The number of nitrogens with zero attached hydrogens (tertiary/aromatic N) is 6. The lowest BCUT2D eigenvalue weighted by Crippen LogP contribution is -2.07. The first-order valence-corrected chi connectivity index (χ1v) is 12.1. The predicted molar refractivity (Wildman–Crippen MR) is 140 cm³/mol. The van der Waals surface area contributed by atoms with Crippen molar-refractivity contribution >= 4 is 29.4 Å².